The molecular formula is C21H18Cl3FN6O2. The minimum absolute atomic E-state index is 0.0358. The van der Waals surface area contributed by atoms with Gasteiger partial charge < -0.3 is 9.84 Å². The van der Waals surface area contributed by atoms with Crippen LogP contribution < -0.4 is 5.32 Å². The molecule has 0 fully saturated rings. The number of hydrogen-bond donors (Lipinski definition) is 1. The first-order valence-electron chi connectivity index (χ1n) is 9.77. The van der Waals surface area contributed by atoms with Gasteiger partial charge in [-0.2, -0.15) is 10.2 Å². The highest BCUT2D eigenvalue weighted by Gasteiger charge is 2.23. The van der Waals surface area contributed by atoms with Gasteiger partial charge in [-0.05, 0) is 32.9 Å². The van der Waals surface area contributed by atoms with Crippen LogP contribution in [0.5, 0.6) is 0 Å². The number of amides is 1. The summed E-state index contributed by atoms with van der Waals surface area (Å²) in [6, 6.07) is 4.40. The molecule has 172 valence electrons. The van der Waals surface area contributed by atoms with Crippen molar-refractivity contribution in [2.45, 2.75) is 33.9 Å². The van der Waals surface area contributed by atoms with Crippen molar-refractivity contribution in [2.75, 3.05) is 5.32 Å². The number of halogens is 4. The molecule has 0 unspecified atom stereocenters. The molecule has 3 aromatic heterocycles. The molecule has 3 heterocycles. The van der Waals surface area contributed by atoms with Gasteiger partial charge in [0, 0.05) is 22.3 Å². The smallest absolute Gasteiger partial charge is 0.279 e. The van der Waals surface area contributed by atoms with Gasteiger partial charge in [0.15, 0.2) is 11.5 Å². The van der Waals surface area contributed by atoms with E-state index in [1.54, 1.807) is 24.6 Å². The number of hydrogen-bond acceptors (Lipinski definition) is 5. The Kier molecular flexibility index (Phi) is 6.47. The molecule has 0 radical (unpaired) electrons. The Hall–Kier alpha value is -2.88. The minimum Gasteiger partial charge on any atom is -0.361 e. The van der Waals surface area contributed by atoms with Crippen LogP contribution in [-0.4, -0.2) is 30.6 Å². The molecule has 4 rings (SSSR count). The van der Waals surface area contributed by atoms with Crippen molar-refractivity contribution >= 4 is 46.5 Å². The lowest BCUT2D eigenvalue weighted by Crippen LogP contribution is -2.17. The molecule has 0 saturated heterocycles. The van der Waals surface area contributed by atoms with Gasteiger partial charge in [-0.1, -0.05) is 46.0 Å². The van der Waals surface area contributed by atoms with Crippen LogP contribution in [0.4, 0.5) is 10.2 Å². The van der Waals surface area contributed by atoms with Gasteiger partial charge in [-0.3, -0.25) is 14.2 Å². The highest BCUT2D eigenvalue weighted by atomic mass is 35.5. The molecule has 1 N–H and O–H groups in total. The van der Waals surface area contributed by atoms with E-state index in [4.69, 9.17) is 39.3 Å². The van der Waals surface area contributed by atoms with E-state index in [9.17, 15) is 9.18 Å². The molecule has 1 amide bonds. The summed E-state index contributed by atoms with van der Waals surface area (Å²) in [5.74, 6) is -0.471. The van der Waals surface area contributed by atoms with Crippen molar-refractivity contribution in [1.82, 2.24) is 24.7 Å². The third-order valence-electron chi connectivity index (χ3n) is 5.13. The van der Waals surface area contributed by atoms with Crippen molar-refractivity contribution in [2.24, 2.45) is 0 Å². The Morgan fingerprint density at radius 2 is 1.85 bits per heavy atom. The van der Waals surface area contributed by atoms with Gasteiger partial charge in [0.2, 0.25) is 0 Å². The molecule has 0 aliphatic rings. The normalized spacial score (nSPS) is 11.2. The Balaban J connectivity index is 1.55. The summed E-state index contributed by atoms with van der Waals surface area (Å²) >= 11 is 18.5. The van der Waals surface area contributed by atoms with Crippen molar-refractivity contribution in [3.8, 4) is 0 Å². The number of carbonyl (C=O) groups excluding carboxylic acids is 1. The van der Waals surface area contributed by atoms with Crippen molar-refractivity contribution in [3.05, 3.63) is 79.2 Å². The number of anilines is 1. The number of aryl methyl sites for hydroxylation is 2. The van der Waals surface area contributed by atoms with Crippen molar-refractivity contribution < 1.29 is 13.7 Å². The second-order valence-electron chi connectivity index (χ2n) is 7.39. The summed E-state index contributed by atoms with van der Waals surface area (Å²) in [5.41, 5.74) is 2.31. The number of rotatable bonds is 6. The zero-order valence-corrected chi connectivity index (χ0v) is 20.1. The molecule has 0 aliphatic heterocycles. The third kappa shape index (κ3) is 4.62. The first-order valence-corrected chi connectivity index (χ1v) is 10.9. The molecule has 0 bridgehead atoms. The second kappa shape index (κ2) is 9.17. The van der Waals surface area contributed by atoms with Gasteiger partial charge >= 0.3 is 0 Å². The predicted octanol–water partition coefficient (Wildman–Crippen LogP) is 5.44. The molecule has 33 heavy (non-hydrogen) atoms. The molecule has 0 atom stereocenters. The molecule has 0 spiro atoms. The first kappa shape index (κ1) is 23.3. The van der Waals surface area contributed by atoms with E-state index in [-0.39, 0.29) is 40.2 Å². The van der Waals surface area contributed by atoms with Gasteiger partial charge in [0.25, 0.3) is 5.91 Å². The Morgan fingerprint density at radius 3 is 2.52 bits per heavy atom. The third-order valence-corrected chi connectivity index (χ3v) is 6.31. The zero-order chi connectivity index (χ0) is 23.9. The number of aromatic nitrogens is 5. The van der Waals surface area contributed by atoms with E-state index in [0.717, 1.165) is 5.69 Å². The van der Waals surface area contributed by atoms with E-state index in [1.807, 2.05) is 6.92 Å². The fourth-order valence-electron chi connectivity index (χ4n) is 3.31. The van der Waals surface area contributed by atoms with Gasteiger partial charge in [-0.15, -0.1) is 0 Å². The summed E-state index contributed by atoms with van der Waals surface area (Å²) in [6.07, 6.45) is 1.47. The molecular weight excluding hydrogens is 494 g/mol. The molecule has 0 saturated carbocycles. The van der Waals surface area contributed by atoms with Gasteiger partial charge in [0.05, 0.1) is 29.5 Å². The molecule has 4 aromatic rings. The molecule has 0 aliphatic carbocycles. The average molecular weight is 512 g/mol. The van der Waals surface area contributed by atoms with Gasteiger partial charge in [-0.25, -0.2) is 4.39 Å². The summed E-state index contributed by atoms with van der Waals surface area (Å²) in [5, 5.41) is 16.1. The lowest BCUT2D eigenvalue weighted by atomic mass is 10.2. The maximum atomic E-state index is 14.1. The standard InChI is InChI=1S/C21H18Cl3FN6O2/c1-10-18(24)11(2)31(27-10)8-13-12(3)33-29-19(13)21(32)26-20-16(23)9-30(28-20)7-14-15(22)5-4-6-17(14)25/h4-6,9H,7-8H2,1-3H3,(H,26,28,32). The fourth-order valence-corrected chi connectivity index (χ4v) is 3.87. The van der Waals surface area contributed by atoms with Crippen molar-refractivity contribution in [1.29, 1.82) is 0 Å². The van der Waals surface area contributed by atoms with E-state index in [1.165, 1.54) is 23.0 Å². The molecule has 12 heteroatoms. The maximum Gasteiger partial charge on any atom is 0.279 e. The summed E-state index contributed by atoms with van der Waals surface area (Å²) < 4.78 is 22.4. The van der Waals surface area contributed by atoms with Crippen LogP contribution in [0.2, 0.25) is 15.1 Å². The Labute approximate surface area is 203 Å². The van der Waals surface area contributed by atoms with Crippen LogP contribution in [-0.2, 0) is 13.1 Å². The van der Waals surface area contributed by atoms with Crippen LogP contribution in [0.1, 0.15) is 38.8 Å². The topological polar surface area (TPSA) is 90.8 Å². The minimum atomic E-state index is -0.564. The van der Waals surface area contributed by atoms with E-state index in [0.29, 0.717) is 22.0 Å². The first-order chi connectivity index (χ1) is 15.7. The number of nitrogens with one attached hydrogen (secondary N) is 1. The Morgan fingerprint density at radius 1 is 1.09 bits per heavy atom. The van der Waals surface area contributed by atoms with Crippen LogP contribution in [0.3, 0.4) is 0 Å². The highest BCUT2D eigenvalue weighted by Crippen LogP contribution is 2.26. The predicted molar refractivity (Wildman–Crippen MR) is 123 cm³/mol. The van der Waals surface area contributed by atoms with E-state index >= 15 is 0 Å². The monoisotopic (exact) mass is 510 g/mol. The fraction of sp³-hybridized carbons (Fsp3) is 0.238. The number of carbonyl (C=O) groups is 1. The summed E-state index contributed by atoms with van der Waals surface area (Å²) in [7, 11) is 0. The summed E-state index contributed by atoms with van der Waals surface area (Å²) in [4.78, 5) is 12.9. The SMILES string of the molecule is Cc1nn(Cc2c(C(=O)Nc3nn(Cc4c(F)cccc4Cl)cc3Cl)noc2C)c(C)c1Cl. The van der Waals surface area contributed by atoms with Crippen LogP contribution in [0, 0.1) is 26.6 Å². The van der Waals surface area contributed by atoms with Crippen LogP contribution in [0.15, 0.2) is 28.9 Å². The lowest BCUT2D eigenvalue weighted by Gasteiger charge is -2.06. The Bertz CT molecular complexity index is 1340. The molecule has 1 aromatic carbocycles. The largest absolute Gasteiger partial charge is 0.361 e. The van der Waals surface area contributed by atoms with Crippen molar-refractivity contribution in [3.63, 3.8) is 0 Å². The summed E-state index contributed by atoms with van der Waals surface area (Å²) in [6.45, 7) is 5.61. The van der Waals surface area contributed by atoms with E-state index < -0.39 is 11.7 Å². The number of benzene rings is 1. The van der Waals surface area contributed by atoms with Crippen LogP contribution in [0.25, 0.3) is 0 Å². The van der Waals surface area contributed by atoms with Crippen LogP contribution >= 0.6 is 34.8 Å². The second-order valence-corrected chi connectivity index (χ2v) is 8.58. The highest BCUT2D eigenvalue weighted by molar-refractivity contribution is 6.33. The zero-order valence-electron chi connectivity index (χ0n) is 17.8. The average Bonchev–Trinajstić information content (AvgIpc) is 3.38. The molecule has 8 nitrogen and oxygen atoms in total. The van der Waals surface area contributed by atoms with E-state index in [2.05, 4.69) is 20.7 Å². The number of nitrogens with zero attached hydrogens (tertiary/aromatic N) is 5. The van der Waals surface area contributed by atoms with Gasteiger partial charge in [0.1, 0.15) is 16.6 Å². The maximum absolute atomic E-state index is 14.1. The quantitative estimate of drug-likeness (QED) is 0.372. The lowest BCUT2D eigenvalue weighted by molar-refractivity contribution is 0.101.